The molecule has 146 valence electrons. The van der Waals surface area contributed by atoms with Crippen molar-refractivity contribution in [1.29, 1.82) is 0 Å². The Kier molecular flexibility index (Phi) is 10.2. The molecule has 5 heteroatoms. The fourth-order valence-corrected chi connectivity index (χ4v) is 2.47. The van der Waals surface area contributed by atoms with Gasteiger partial charge in [-0.15, -0.1) is 0 Å². The van der Waals surface area contributed by atoms with E-state index >= 15 is 0 Å². The molecule has 1 aromatic heterocycles. The van der Waals surface area contributed by atoms with E-state index < -0.39 is 0 Å². The molecule has 1 aliphatic heterocycles. The van der Waals surface area contributed by atoms with Gasteiger partial charge in [0.2, 0.25) is 0 Å². The average Bonchev–Trinajstić information content (AvgIpc) is 2.84. The molecule has 0 saturated carbocycles. The summed E-state index contributed by atoms with van der Waals surface area (Å²) in [7, 11) is 0. The van der Waals surface area contributed by atoms with Gasteiger partial charge in [-0.25, -0.2) is 0 Å². The van der Waals surface area contributed by atoms with Crippen LogP contribution in [-0.4, -0.2) is 41.1 Å². The van der Waals surface area contributed by atoms with Crippen LogP contribution in [0.15, 0.2) is 71.5 Å². The van der Waals surface area contributed by atoms with E-state index in [0.717, 1.165) is 17.1 Å². The molecule has 0 spiro atoms. The van der Waals surface area contributed by atoms with Gasteiger partial charge in [0.05, 0.1) is 18.1 Å². The van der Waals surface area contributed by atoms with Crippen molar-refractivity contribution in [1.82, 2.24) is 9.88 Å². The number of hydrogen-bond acceptors (Lipinski definition) is 5. The van der Waals surface area contributed by atoms with E-state index in [9.17, 15) is 0 Å². The second-order valence-electron chi connectivity index (χ2n) is 6.59. The molecular formula is C22H33N5. The molecule has 2 heterocycles. The van der Waals surface area contributed by atoms with Gasteiger partial charge in [0.15, 0.2) is 0 Å². The van der Waals surface area contributed by atoms with Gasteiger partial charge < -0.3 is 5.73 Å². The molecule has 0 aromatic carbocycles. The van der Waals surface area contributed by atoms with Crippen LogP contribution in [0, 0.1) is 5.41 Å². The van der Waals surface area contributed by atoms with Gasteiger partial charge in [0.1, 0.15) is 0 Å². The van der Waals surface area contributed by atoms with Crippen molar-refractivity contribution in [3.05, 3.63) is 67.2 Å². The highest BCUT2D eigenvalue weighted by Crippen LogP contribution is 2.21. The highest BCUT2D eigenvalue weighted by molar-refractivity contribution is 5.99. The molecule has 2 rings (SSSR count). The summed E-state index contributed by atoms with van der Waals surface area (Å²) in [4.78, 5) is 15.5. The van der Waals surface area contributed by atoms with Crippen molar-refractivity contribution in [3.63, 3.8) is 0 Å². The van der Waals surface area contributed by atoms with E-state index in [0.29, 0.717) is 19.6 Å². The van der Waals surface area contributed by atoms with Crippen molar-refractivity contribution in [2.24, 2.45) is 21.1 Å². The average molecular weight is 368 g/mol. The number of pyridine rings is 1. The maximum absolute atomic E-state index is 5.56. The summed E-state index contributed by atoms with van der Waals surface area (Å²) in [6.45, 7) is 14.5. The minimum atomic E-state index is 0.0182. The van der Waals surface area contributed by atoms with Crippen molar-refractivity contribution in [2.45, 2.75) is 34.2 Å². The third-order valence-corrected chi connectivity index (χ3v) is 3.86. The predicted molar refractivity (Wildman–Crippen MR) is 117 cm³/mol. The van der Waals surface area contributed by atoms with Crippen molar-refractivity contribution in [2.75, 3.05) is 19.8 Å². The summed E-state index contributed by atoms with van der Waals surface area (Å²) >= 11 is 0. The Bertz CT molecular complexity index is 684. The molecular weight excluding hydrogens is 334 g/mol. The van der Waals surface area contributed by atoms with Gasteiger partial charge in [-0.1, -0.05) is 52.5 Å². The summed E-state index contributed by atoms with van der Waals surface area (Å²) < 4.78 is 0. The molecule has 27 heavy (non-hydrogen) atoms. The minimum absolute atomic E-state index is 0.0182. The number of nitrogens with two attached hydrogens (primary N) is 1. The first-order valence-electron chi connectivity index (χ1n) is 9.44. The summed E-state index contributed by atoms with van der Waals surface area (Å²) in [5.41, 5.74) is 8.46. The standard InChI is InChI=1S/C20H27N5.C2H6/c1-4-17(24-16-21)13-25(14-18-7-5-6-11-22-18)15-19-8-9-20(2,3)10-12-23-19;1-2/h4-12H,1,13-16,21H2,2-3H3;1-2H3/b24-17+;. The zero-order chi connectivity index (χ0) is 20.1. The quantitative estimate of drug-likeness (QED) is 0.706. The van der Waals surface area contributed by atoms with Crippen molar-refractivity contribution in [3.8, 4) is 0 Å². The van der Waals surface area contributed by atoms with Crippen LogP contribution in [-0.2, 0) is 6.54 Å². The lowest BCUT2D eigenvalue weighted by Crippen LogP contribution is -2.33. The van der Waals surface area contributed by atoms with Gasteiger partial charge in [0, 0.05) is 43.2 Å². The predicted octanol–water partition coefficient (Wildman–Crippen LogP) is 4.00. The van der Waals surface area contributed by atoms with Gasteiger partial charge in [-0.3, -0.25) is 19.9 Å². The van der Waals surface area contributed by atoms with Crippen LogP contribution in [0.25, 0.3) is 0 Å². The van der Waals surface area contributed by atoms with E-state index in [4.69, 9.17) is 5.73 Å². The number of nitrogens with zero attached hydrogens (tertiary/aromatic N) is 4. The zero-order valence-electron chi connectivity index (χ0n) is 17.1. The molecule has 2 N–H and O–H groups in total. The van der Waals surface area contributed by atoms with Crippen LogP contribution in [0.4, 0.5) is 0 Å². The third-order valence-electron chi connectivity index (χ3n) is 3.86. The molecule has 1 aliphatic rings. The van der Waals surface area contributed by atoms with Gasteiger partial charge >= 0.3 is 0 Å². The van der Waals surface area contributed by atoms with Gasteiger partial charge in [-0.2, -0.15) is 0 Å². The van der Waals surface area contributed by atoms with E-state index in [1.807, 2.05) is 44.4 Å². The number of rotatable bonds is 8. The molecule has 0 saturated heterocycles. The zero-order valence-corrected chi connectivity index (χ0v) is 17.1. The molecule has 1 aromatic rings. The molecule has 0 fully saturated rings. The Morgan fingerprint density at radius 3 is 2.67 bits per heavy atom. The van der Waals surface area contributed by atoms with E-state index in [2.05, 4.69) is 58.5 Å². The van der Waals surface area contributed by atoms with Crippen LogP contribution in [0.1, 0.15) is 33.4 Å². The third kappa shape index (κ3) is 8.71. The van der Waals surface area contributed by atoms with Crippen LogP contribution in [0.3, 0.4) is 0 Å². The fraction of sp³-hybridized carbons (Fsp3) is 0.409. The first kappa shape index (κ1) is 22.7. The van der Waals surface area contributed by atoms with Gasteiger partial charge in [0.25, 0.3) is 0 Å². The summed E-state index contributed by atoms with van der Waals surface area (Å²) in [6, 6.07) is 5.94. The highest BCUT2D eigenvalue weighted by Gasteiger charge is 2.15. The maximum Gasteiger partial charge on any atom is 0.0863 e. The lowest BCUT2D eigenvalue weighted by molar-refractivity contribution is 0.343. The molecule has 0 radical (unpaired) electrons. The normalized spacial score (nSPS) is 15.6. The van der Waals surface area contributed by atoms with Crippen LogP contribution >= 0.6 is 0 Å². The maximum atomic E-state index is 5.56. The Balaban J connectivity index is 0.00000176. The minimum Gasteiger partial charge on any atom is -0.312 e. The van der Waals surface area contributed by atoms with Crippen LogP contribution < -0.4 is 5.73 Å². The molecule has 0 atom stereocenters. The Morgan fingerprint density at radius 2 is 2.04 bits per heavy atom. The number of aliphatic imine (C=N–C) groups is 2. The van der Waals surface area contributed by atoms with E-state index in [-0.39, 0.29) is 12.1 Å². The molecule has 0 amide bonds. The van der Waals surface area contributed by atoms with E-state index in [1.165, 1.54) is 0 Å². The van der Waals surface area contributed by atoms with Gasteiger partial charge in [-0.05, 0) is 24.3 Å². The number of hydrogen-bond donors (Lipinski definition) is 1. The molecule has 0 unspecified atom stereocenters. The monoisotopic (exact) mass is 367 g/mol. The molecule has 0 aliphatic carbocycles. The summed E-state index contributed by atoms with van der Waals surface area (Å²) in [5, 5.41) is 0. The number of allylic oxidation sites excluding steroid dienone is 2. The fourth-order valence-electron chi connectivity index (χ4n) is 2.47. The lowest BCUT2D eigenvalue weighted by atomic mass is 9.93. The van der Waals surface area contributed by atoms with Crippen LogP contribution in [0.2, 0.25) is 0 Å². The van der Waals surface area contributed by atoms with Crippen LogP contribution in [0.5, 0.6) is 0 Å². The van der Waals surface area contributed by atoms with E-state index in [1.54, 1.807) is 6.08 Å². The summed E-state index contributed by atoms with van der Waals surface area (Å²) in [5.74, 6) is 0. The Morgan fingerprint density at radius 1 is 1.26 bits per heavy atom. The second kappa shape index (κ2) is 12.1. The second-order valence-corrected chi connectivity index (χ2v) is 6.59. The summed E-state index contributed by atoms with van der Waals surface area (Å²) in [6.07, 6.45) is 11.8. The largest absolute Gasteiger partial charge is 0.312 e. The molecule has 5 nitrogen and oxygen atoms in total. The SMILES string of the molecule is C=C/C(CN(CC1=NC=CC(C)(C)C=C1)Cc1ccccn1)=N\CN.CC. The first-order valence-corrected chi connectivity index (χ1v) is 9.44. The Hall–Kier alpha value is -2.37. The smallest absolute Gasteiger partial charge is 0.0863 e. The lowest BCUT2D eigenvalue weighted by Gasteiger charge is -2.22. The van der Waals surface area contributed by atoms with Crippen molar-refractivity contribution >= 4 is 11.4 Å². The highest BCUT2D eigenvalue weighted by atomic mass is 15.1. The van der Waals surface area contributed by atoms with Crippen molar-refractivity contribution < 1.29 is 0 Å². The first-order chi connectivity index (χ1) is 13.0. The number of aromatic nitrogens is 1. The molecule has 0 bridgehead atoms. The Labute approximate surface area is 164 Å². The topological polar surface area (TPSA) is 66.9 Å².